The van der Waals surface area contributed by atoms with Crippen molar-refractivity contribution in [3.8, 4) is 11.3 Å². The van der Waals surface area contributed by atoms with E-state index in [2.05, 4.69) is 42.1 Å². The van der Waals surface area contributed by atoms with E-state index in [-0.39, 0.29) is 0 Å². The van der Waals surface area contributed by atoms with Crippen molar-refractivity contribution in [3.05, 3.63) is 61.1 Å². The van der Waals surface area contributed by atoms with E-state index in [0.717, 1.165) is 49.5 Å². The summed E-state index contributed by atoms with van der Waals surface area (Å²) in [6.45, 7) is 3.25. The van der Waals surface area contributed by atoms with Gasteiger partial charge in [-0.3, -0.25) is 9.71 Å². The van der Waals surface area contributed by atoms with E-state index in [0.29, 0.717) is 22.9 Å². The number of pyridine rings is 1. The molecule has 11 heteroatoms. The Labute approximate surface area is 191 Å². The van der Waals surface area contributed by atoms with Gasteiger partial charge in [-0.05, 0) is 42.5 Å². The SMILES string of the molecule is CS(=O)(=O)Nc1ccncc1-c1ccc2cnc(Nc3ccc(N4CCOCC4)cc3)nn12. The Balaban J connectivity index is 1.42. The fourth-order valence-corrected chi connectivity index (χ4v) is 4.33. The Kier molecular flexibility index (Phi) is 5.56. The molecule has 1 saturated heterocycles. The average molecular weight is 466 g/mol. The Bertz CT molecular complexity index is 1380. The van der Waals surface area contributed by atoms with Crippen molar-refractivity contribution in [2.75, 3.05) is 47.5 Å². The molecule has 170 valence electrons. The normalized spacial score (nSPS) is 14.4. The predicted molar refractivity (Wildman–Crippen MR) is 127 cm³/mol. The molecule has 0 bridgehead atoms. The van der Waals surface area contributed by atoms with Gasteiger partial charge >= 0.3 is 0 Å². The van der Waals surface area contributed by atoms with Crippen LogP contribution in [0.25, 0.3) is 16.8 Å². The van der Waals surface area contributed by atoms with Crippen molar-refractivity contribution in [1.29, 1.82) is 0 Å². The molecule has 0 amide bonds. The van der Waals surface area contributed by atoms with Crippen LogP contribution in [0.5, 0.6) is 0 Å². The zero-order valence-electron chi connectivity index (χ0n) is 18.0. The molecule has 0 unspecified atom stereocenters. The summed E-state index contributed by atoms with van der Waals surface area (Å²) in [5.74, 6) is 0.417. The van der Waals surface area contributed by atoms with Gasteiger partial charge in [0.05, 0.1) is 42.6 Å². The molecular formula is C22H23N7O3S. The molecule has 0 saturated carbocycles. The van der Waals surface area contributed by atoms with Gasteiger partial charge < -0.3 is 15.0 Å². The number of morpholine rings is 1. The van der Waals surface area contributed by atoms with Crippen LogP contribution in [0.1, 0.15) is 0 Å². The van der Waals surface area contributed by atoms with Crippen molar-refractivity contribution >= 4 is 38.6 Å². The molecule has 4 aromatic rings. The third-order valence-corrected chi connectivity index (χ3v) is 5.88. The van der Waals surface area contributed by atoms with Crippen LogP contribution in [0, 0.1) is 0 Å². The number of benzene rings is 1. The second-order valence-electron chi connectivity index (χ2n) is 7.70. The topological polar surface area (TPSA) is 114 Å². The van der Waals surface area contributed by atoms with Gasteiger partial charge in [0, 0.05) is 42.4 Å². The summed E-state index contributed by atoms with van der Waals surface area (Å²) in [4.78, 5) is 10.9. The van der Waals surface area contributed by atoms with Crippen molar-refractivity contribution in [2.45, 2.75) is 0 Å². The van der Waals surface area contributed by atoms with Gasteiger partial charge in [-0.1, -0.05) is 0 Å². The monoisotopic (exact) mass is 465 g/mol. The van der Waals surface area contributed by atoms with E-state index in [9.17, 15) is 8.42 Å². The molecule has 4 heterocycles. The van der Waals surface area contributed by atoms with E-state index < -0.39 is 10.0 Å². The average Bonchev–Trinajstić information content (AvgIpc) is 3.23. The quantitative estimate of drug-likeness (QED) is 0.447. The molecule has 1 fully saturated rings. The minimum atomic E-state index is -3.45. The van der Waals surface area contributed by atoms with E-state index >= 15 is 0 Å². The van der Waals surface area contributed by atoms with Crippen molar-refractivity contribution in [2.24, 2.45) is 0 Å². The Hall–Kier alpha value is -3.70. The first-order chi connectivity index (χ1) is 16.0. The van der Waals surface area contributed by atoms with E-state index in [1.165, 1.54) is 6.20 Å². The number of fused-ring (bicyclic) bond motifs is 1. The van der Waals surface area contributed by atoms with Gasteiger partial charge in [-0.25, -0.2) is 17.9 Å². The Morgan fingerprint density at radius 2 is 1.79 bits per heavy atom. The molecule has 5 rings (SSSR count). The Morgan fingerprint density at radius 3 is 2.55 bits per heavy atom. The van der Waals surface area contributed by atoms with Crippen LogP contribution in [0.3, 0.4) is 0 Å². The van der Waals surface area contributed by atoms with Crippen LogP contribution in [0.2, 0.25) is 0 Å². The Morgan fingerprint density at radius 1 is 1.00 bits per heavy atom. The highest BCUT2D eigenvalue weighted by Gasteiger charge is 2.15. The van der Waals surface area contributed by atoms with Gasteiger partial charge in [0.2, 0.25) is 16.0 Å². The maximum absolute atomic E-state index is 11.8. The summed E-state index contributed by atoms with van der Waals surface area (Å²) >= 11 is 0. The first-order valence-electron chi connectivity index (χ1n) is 10.4. The third kappa shape index (κ3) is 4.73. The van der Waals surface area contributed by atoms with Crippen molar-refractivity contribution < 1.29 is 13.2 Å². The standard InChI is InChI=1S/C22H23N7O3S/c1-33(30,31)27-20-8-9-23-15-19(20)21-7-6-18-14-24-22(26-29(18)21)25-16-2-4-17(5-3-16)28-10-12-32-13-11-28/h2-9,14-15H,10-13H2,1H3,(H,23,27)(H,25,26). The second-order valence-corrected chi connectivity index (χ2v) is 9.45. The van der Waals surface area contributed by atoms with Gasteiger partial charge in [0.1, 0.15) is 0 Å². The fourth-order valence-electron chi connectivity index (χ4n) is 3.76. The summed E-state index contributed by atoms with van der Waals surface area (Å²) in [6, 6.07) is 13.4. The summed E-state index contributed by atoms with van der Waals surface area (Å²) in [7, 11) is -3.45. The summed E-state index contributed by atoms with van der Waals surface area (Å²) in [6.07, 6.45) is 5.97. The van der Waals surface area contributed by atoms with Crippen LogP contribution >= 0.6 is 0 Å². The molecule has 0 atom stereocenters. The minimum Gasteiger partial charge on any atom is -0.378 e. The number of sulfonamides is 1. The zero-order valence-corrected chi connectivity index (χ0v) is 18.8. The molecule has 1 aliphatic heterocycles. The highest BCUT2D eigenvalue weighted by molar-refractivity contribution is 7.92. The van der Waals surface area contributed by atoms with Gasteiger partial charge in [-0.15, -0.1) is 5.10 Å². The van der Waals surface area contributed by atoms with Crippen LogP contribution in [0.15, 0.2) is 61.1 Å². The lowest BCUT2D eigenvalue weighted by molar-refractivity contribution is 0.122. The number of rotatable bonds is 6. The van der Waals surface area contributed by atoms with Gasteiger partial charge in [0.15, 0.2) is 0 Å². The van der Waals surface area contributed by atoms with E-state index in [1.54, 1.807) is 23.0 Å². The molecule has 0 radical (unpaired) electrons. The largest absolute Gasteiger partial charge is 0.378 e. The van der Waals surface area contributed by atoms with E-state index in [4.69, 9.17) is 4.74 Å². The zero-order chi connectivity index (χ0) is 22.8. The molecule has 33 heavy (non-hydrogen) atoms. The number of nitrogens with zero attached hydrogens (tertiary/aromatic N) is 5. The van der Waals surface area contributed by atoms with Gasteiger partial charge in [0.25, 0.3) is 0 Å². The highest BCUT2D eigenvalue weighted by atomic mass is 32.2. The number of ether oxygens (including phenoxy) is 1. The smallest absolute Gasteiger partial charge is 0.245 e. The van der Waals surface area contributed by atoms with Crippen molar-refractivity contribution in [3.63, 3.8) is 0 Å². The molecule has 2 N–H and O–H groups in total. The molecule has 1 aliphatic rings. The second kappa shape index (κ2) is 8.68. The summed E-state index contributed by atoms with van der Waals surface area (Å²) in [5.41, 5.74) is 4.52. The predicted octanol–water partition coefficient (Wildman–Crippen LogP) is 2.74. The van der Waals surface area contributed by atoms with Crippen LogP contribution in [0.4, 0.5) is 23.0 Å². The molecule has 1 aromatic carbocycles. The molecule has 10 nitrogen and oxygen atoms in total. The molecule has 0 spiro atoms. The lowest BCUT2D eigenvalue weighted by Crippen LogP contribution is -2.36. The molecule has 3 aromatic heterocycles. The number of nitrogens with one attached hydrogen (secondary N) is 2. The lowest BCUT2D eigenvalue weighted by Gasteiger charge is -2.28. The lowest BCUT2D eigenvalue weighted by atomic mass is 10.2. The maximum Gasteiger partial charge on any atom is 0.245 e. The van der Waals surface area contributed by atoms with Crippen LogP contribution in [-0.4, -0.2) is 60.6 Å². The number of hydrogen-bond donors (Lipinski definition) is 2. The van der Waals surface area contributed by atoms with Crippen LogP contribution in [-0.2, 0) is 14.8 Å². The third-order valence-electron chi connectivity index (χ3n) is 5.29. The number of anilines is 4. The van der Waals surface area contributed by atoms with Gasteiger partial charge in [-0.2, -0.15) is 0 Å². The summed E-state index contributed by atoms with van der Waals surface area (Å²) < 4.78 is 33.2. The minimum absolute atomic E-state index is 0.417. The molecular weight excluding hydrogens is 442 g/mol. The van der Waals surface area contributed by atoms with Crippen LogP contribution < -0.4 is 14.9 Å². The first-order valence-corrected chi connectivity index (χ1v) is 12.3. The molecule has 0 aliphatic carbocycles. The van der Waals surface area contributed by atoms with Crippen molar-refractivity contribution in [1.82, 2.24) is 19.6 Å². The first kappa shape index (κ1) is 21.2. The fraction of sp³-hybridized carbons (Fsp3) is 0.227. The van der Waals surface area contributed by atoms with E-state index in [1.807, 2.05) is 24.3 Å². The maximum atomic E-state index is 11.8. The highest BCUT2D eigenvalue weighted by Crippen LogP contribution is 2.29. The number of hydrogen-bond acceptors (Lipinski definition) is 8. The number of aromatic nitrogens is 4. The summed E-state index contributed by atoms with van der Waals surface area (Å²) in [5, 5.41) is 7.85.